The lowest BCUT2D eigenvalue weighted by molar-refractivity contribution is -0.123. The molecule has 0 saturated heterocycles. The van der Waals surface area contributed by atoms with Crippen LogP contribution in [0.25, 0.3) is 0 Å². The third-order valence-corrected chi connectivity index (χ3v) is 3.34. The smallest absolute Gasteiger partial charge is 0.220 e. The zero-order valence-corrected chi connectivity index (χ0v) is 12.1. The number of carbonyl (C=O) groups is 1. The zero-order chi connectivity index (χ0) is 14.8. The van der Waals surface area contributed by atoms with Gasteiger partial charge in [-0.3, -0.25) is 4.79 Å². The number of hydrogen-bond acceptors (Lipinski definition) is 3. The van der Waals surface area contributed by atoms with Crippen LogP contribution in [0.3, 0.4) is 0 Å². The van der Waals surface area contributed by atoms with Crippen molar-refractivity contribution in [3.8, 4) is 0 Å². The summed E-state index contributed by atoms with van der Waals surface area (Å²) in [5.41, 5.74) is 1.08. The lowest BCUT2D eigenvalue weighted by atomic mass is 10.00. The molecule has 0 saturated carbocycles. The van der Waals surface area contributed by atoms with Crippen LogP contribution in [0.1, 0.15) is 31.7 Å². The molecule has 0 spiro atoms. The molecule has 112 valence electrons. The highest BCUT2D eigenvalue weighted by molar-refractivity contribution is 5.76. The van der Waals surface area contributed by atoms with Gasteiger partial charge in [-0.1, -0.05) is 43.7 Å². The number of benzene rings is 1. The van der Waals surface area contributed by atoms with Crippen LogP contribution in [-0.2, 0) is 11.2 Å². The molecule has 2 atom stereocenters. The van der Waals surface area contributed by atoms with E-state index in [1.807, 2.05) is 37.3 Å². The molecule has 0 heterocycles. The van der Waals surface area contributed by atoms with Crippen molar-refractivity contribution < 1.29 is 15.0 Å². The summed E-state index contributed by atoms with van der Waals surface area (Å²) in [4.78, 5) is 11.9. The number of hydrogen-bond donors (Lipinski definition) is 3. The summed E-state index contributed by atoms with van der Waals surface area (Å²) in [6.07, 6.45) is 2.72. The molecule has 1 rings (SSSR count). The zero-order valence-electron chi connectivity index (χ0n) is 12.1. The van der Waals surface area contributed by atoms with Gasteiger partial charge >= 0.3 is 0 Å². The van der Waals surface area contributed by atoms with Gasteiger partial charge in [-0.05, 0) is 24.3 Å². The molecular weight excluding hydrogens is 254 g/mol. The Bertz CT molecular complexity index is 381. The third-order valence-electron chi connectivity index (χ3n) is 3.34. The fourth-order valence-corrected chi connectivity index (χ4v) is 2.27. The minimum absolute atomic E-state index is 0.0102. The maximum atomic E-state index is 11.9. The number of aliphatic hydroxyl groups is 2. The minimum Gasteiger partial charge on any atom is -0.396 e. The topological polar surface area (TPSA) is 69.6 Å². The van der Waals surface area contributed by atoms with Gasteiger partial charge in [0.2, 0.25) is 5.91 Å². The minimum atomic E-state index is -0.272. The Balaban J connectivity index is 2.45. The number of rotatable bonds is 9. The Morgan fingerprint density at radius 1 is 1.20 bits per heavy atom. The average molecular weight is 279 g/mol. The van der Waals surface area contributed by atoms with E-state index in [1.54, 1.807) is 0 Å². The van der Waals surface area contributed by atoms with Crippen molar-refractivity contribution in [2.24, 2.45) is 5.92 Å². The Morgan fingerprint density at radius 3 is 2.45 bits per heavy atom. The number of nitrogens with one attached hydrogen (secondary N) is 1. The second-order valence-corrected chi connectivity index (χ2v) is 5.18. The first kappa shape index (κ1) is 16.7. The molecule has 0 aliphatic heterocycles. The van der Waals surface area contributed by atoms with Crippen molar-refractivity contribution in [3.05, 3.63) is 35.9 Å². The van der Waals surface area contributed by atoms with E-state index in [-0.39, 0.29) is 31.1 Å². The summed E-state index contributed by atoms with van der Waals surface area (Å²) in [6.45, 7) is 1.98. The van der Waals surface area contributed by atoms with Crippen LogP contribution in [0.2, 0.25) is 0 Å². The van der Waals surface area contributed by atoms with Crippen LogP contribution in [0.4, 0.5) is 0 Å². The van der Waals surface area contributed by atoms with E-state index in [9.17, 15) is 15.0 Å². The fourth-order valence-electron chi connectivity index (χ4n) is 2.27. The van der Waals surface area contributed by atoms with Crippen molar-refractivity contribution in [2.75, 3.05) is 13.2 Å². The predicted molar refractivity (Wildman–Crippen MR) is 79.3 cm³/mol. The second kappa shape index (κ2) is 9.50. The lowest BCUT2D eigenvalue weighted by Crippen LogP contribution is -2.40. The van der Waals surface area contributed by atoms with Crippen molar-refractivity contribution in [1.82, 2.24) is 5.32 Å². The van der Waals surface area contributed by atoms with E-state index in [0.717, 1.165) is 18.4 Å². The first-order valence-electron chi connectivity index (χ1n) is 7.24. The molecule has 0 radical (unpaired) electrons. The molecule has 0 aliphatic rings. The van der Waals surface area contributed by atoms with Gasteiger partial charge in [0.15, 0.2) is 0 Å². The molecule has 0 bridgehead atoms. The van der Waals surface area contributed by atoms with Gasteiger partial charge in [0, 0.05) is 13.0 Å². The van der Waals surface area contributed by atoms with E-state index in [0.29, 0.717) is 12.8 Å². The first-order chi connectivity index (χ1) is 9.69. The molecular formula is C16H25NO3. The Hall–Kier alpha value is -1.39. The first-order valence-corrected chi connectivity index (χ1v) is 7.24. The molecule has 0 aromatic heterocycles. The monoisotopic (exact) mass is 279 g/mol. The highest BCUT2D eigenvalue weighted by Gasteiger charge is 2.16. The van der Waals surface area contributed by atoms with E-state index in [2.05, 4.69) is 5.32 Å². The summed E-state index contributed by atoms with van der Waals surface area (Å²) in [7, 11) is 0. The summed E-state index contributed by atoms with van der Waals surface area (Å²) < 4.78 is 0. The van der Waals surface area contributed by atoms with Crippen LogP contribution < -0.4 is 5.32 Å². The Morgan fingerprint density at radius 2 is 1.90 bits per heavy atom. The van der Waals surface area contributed by atoms with Crippen LogP contribution in [-0.4, -0.2) is 35.4 Å². The summed E-state index contributed by atoms with van der Waals surface area (Å²) >= 11 is 0. The van der Waals surface area contributed by atoms with Gasteiger partial charge in [-0.15, -0.1) is 0 Å². The van der Waals surface area contributed by atoms with Crippen LogP contribution in [0.5, 0.6) is 0 Å². The van der Waals surface area contributed by atoms with E-state index >= 15 is 0 Å². The third kappa shape index (κ3) is 6.17. The van der Waals surface area contributed by atoms with E-state index in [4.69, 9.17) is 0 Å². The highest BCUT2D eigenvalue weighted by Crippen LogP contribution is 2.10. The van der Waals surface area contributed by atoms with Gasteiger partial charge in [0.1, 0.15) is 0 Å². The van der Waals surface area contributed by atoms with Crippen LogP contribution in [0, 0.1) is 5.92 Å². The molecule has 4 nitrogen and oxygen atoms in total. The van der Waals surface area contributed by atoms with Crippen LogP contribution in [0.15, 0.2) is 30.3 Å². The molecule has 1 aromatic rings. The van der Waals surface area contributed by atoms with Gasteiger partial charge in [-0.2, -0.15) is 0 Å². The quantitative estimate of drug-likeness (QED) is 0.641. The highest BCUT2D eigenvalue weighted by atomic mass is 16.3. The molecule has 0 aliphatic carbocycles. The lowest BCUT2D eigenvalue weighted by Gasteiger charge is -2.18. The summed E-state index contributed by atoms with van der Waals surface area (Å²) in [5, 5.41) is 21.4. The van der Waals surface area contributed by atoms with Crippen molar-refractivity contribution in [3.63, 3.8) is 0 Å². The van der Waals surface area contributed by atoms with E-state index in [1.165, 1.54) is 0 Å². The molecule has 3 N–H and O–H groups in total. The average Bonchev–Trinajstić information content (AvgIpc) is 2.47. The fraction of sp³-hybridized carbons (Fsp3) is 0.562. The molecule has 1 amide bonds. The Labute approximate surface area is 120 Å². The standard InChI is InChI=1S/C16H25NO3/c1-2-6-14(11-18)10-16(20)17-15(12-19)9-13-7-4-3-5-8-13/h3-5,7-8,14-15,18-19H,2,6,9-12H2,1H3,(H,17,20)/t14-,15-/m1/s1. The SMILES string of the molecule is CCC[C@@H](CO)CC(=O)N[C@@H](CO)Cc1ccccc1. The van der Waals surface area contributed by atoms with Crippen molar-refractivity contribution in [2.45, 2.75) is 38.6 Å². The number of aliphatic hydroxyl groups excluding tert-OH is 2. The number of carbonyl (C=O) groups excluding carboxylic acids is 1. The summed E-state index contributed by atoms with van der Waals surface area (Å²) in [6, 6.07) is 9.49. The van der Waals surface area contributed by atoms with Crippen LogP contribution >= 0.6 is 0 Å². The second-order valence-electron chi connectivity index (χ2n) is 5.18. The molecule has 20 heavy (non-hydrogen) atoms. The van der Waals surface area contributed by atoms with Gasteiger partial charge in [-0.25, -0.2) is 0 Å². The molecule has 4 heteroatoms. The maximum Gasteiger partial charge on any atom is 0.220 e. The molecule has 0 unspecified atom stereocenters. The van der Waals surface area contributed by atoms with Gasteiger partial charge < -0.3 is 15.5 Å². The van der Waals surface area contributed by atoms with Crippen molar-refractivity contribution >= 4 is 5.91 Å². The van der Waals surface area contributed by atoms with Crippen molar-refractivity contribution in [1.29, 1.82) is 0 Å². The molecule has 1 aromatic carbocycles. The van der Waals surface area contributed by atoms with E-state index < -0.39 is 0 Å². The normalized spacial score (nSPS) is 13.8. The van der Waals surface area contributed by atoms with Gasteiger partial charge in [0.25, 0.3) is 0 Å². The predicted octanol–water partition coefficient (Wildman–Crippen LogP) is 1.50. The summed E-state index contributed by atoms with van der Waals surface area (Å²) in [5.74, 6) is -0.0939. The maximum absolute atomic E-state index is 11.9. The number of amides is 1. The largest absolute Gasteiger partial charge is 0.396 e. The molecule has 0 fully saturated rings. The van der Waals surface area contributed by atoms with Gasteiger partial charge in [0.05, 0.1) is 12.6 Å². The Kier molecular flexibility index (Phi) is 7.92.